The van der Waals surface area contributed by atoms with Crippen LogP contribution in [-0.2, 0) is 0 Å². The molecule has 0 spiro atoms. The maximum atomic E-state index is 13.7. The minimum absolute atomic E-state index is 0.105. The van der Waals surface area contributed by atoms with Crippen molar-refractivity contribution >= 4 is 5.95 Å². The smallest absolute Gasteiger partial charge is 0.224 e. The number of rotatable bonds is 2. The molecule has 2 aromatic rings. The molecule has 1 aromatic carbocycles. The molecule has 4 nitrogen and oxygen atoms in total. The summed E-state index contributed by atoms with van der Waals surface area (Å²) in [6.07, 6.45) is 0. The third-order valence-electron chi connectivity index (χ3n) is 2.22. The molecular formula is C12H12FN3O. The highest BCUT2D eigenvalue weighted by Crippen LogP contribution is 2.25. The summed E-state index contributed by atoms with van der Waals surface area (Å²) < 4.78 is 19.0. The second-order valence-electron chi connectivity index (χ2n) is 3.69. The summed E-state index contributed by atoms with van der Waals surface area (Å²) in [4.78, 5) is 7.79. The lowest BCUT2D eigenvalue weighted by atomic mass is 10.2. The first-order valence-electron chi connectivity index (χ1n) is 5.10. The number of nitrogen functional groups attached to an aromatic ring is 1. The Morgan fingerprint density at radius 2 is 2.00 bits per heavy atom. The van der Waals surface area contributed by atoms with Crippen molar-refractivity contribution in [3.8, 4) is 11.6 Å². The molecule has 0 amide bonds. The Labute approximate surface area is 98.3 Å². The molecule has 88 valence electrons. The van der Waals surface area contributed by atoms with E-state index in [2.05, 4.69) is 9.97 Å². The van der Waals surface area contributed by atoms with Gasteiger partial charge in [0.2, 0.25) is 11.8 Å². The van der Waals surface area contributed by atoms with Gasteiger partial charge >= 0.3 is 0 Å². The van der Waals surface area contributed by atoms with Gasteiger partial charge in [-0.05, 0) is 25.5 Å². The monoisotopic (exact) mass is 233 g/mol. The van der Waals surface area contributed by atoms with E-state index in [0.717, 1.165) is 0 Å². The number of aryl methyl sites for hydroxylation is 2. The summed E-state index contributed by atoms with van der Waals surface area (Å²) in [5.41, 5.74) is 6.67. The van der Waals surface area contributed by atoms with Crippen molar-refractivity contribution in [2.24, 2.45) is 0 Å². The maximum Gasteiger partial charge on any atom is 0.224 e. The molecule has 0 unspecified atom stereocenters. The van der Waals surface area contributed by atoms with Crippen LogP contribution in [0.5, 0.6) is 11.6 Å². The van der Waals surface area contributed by atoms with E-state index in [1.807, 2.05) is 0 Å². The van der Waals surface area contributed by atoms with Crippen LogP contribution in [0.1, 0.15) is 11.3 Å². The second kappa shape index (κ2) is 4.37. The molecule has 0 aliphatic heterocycles. The normalized spacial score (nSPS) is 10.3. The Morgan fingerprint density at radius 3 is 2.71 bits per heavy atom. The predicted molar refractivity (Wildman–Crippen MR) is 62.4 cm³/mol. The van der Waals surface area contributed by atoms with Crippen LogP contribution in [0.25, 0.3) is 0 Å². The number of ether oxygens (including phenoxy) is 1. The van der Waals surface area contributed by atoms with Gasteiger partial charge in [-0.2, -0.15) is 4.98 Å². The van der Waals surface area contributed by atoms with Gasteiger partial charge in [-0.25, -0.2) is 9.37 Å². The number of benzene rings is 1. The zero-order chi connectivity index (χ0) is 12.4. The number of hydrogen-bond donors (Lipinski definition) is 1. The molecule has 5 heteroatoms. The lowest BCUT2D eigenvalue weighted by Gasteiger charge is -2.08. The third kappa shape index (κ3) is 2.50. The molecule has 0 saturated heterocycles. The fourth-order valence-electron chi connectivity index (χ4n) is 1.43. The summed E-state index contributed by atoms with van der Waals surface area (Å²) in [5, 5.41) is 0. The number of nitrogens with zero attached hydrogens (tertiary/aromatic N) is 2. The van der Waals surface area contributed by atoms with Crippen LogP contribution in [0.3, 0.4) is 0 Å². The summed E-state index contributed by atoms with van der Waals surface area (Å²) in [6, 6.07) is 6.51. The van der Waals surface area contributed by atoms with Crippen molar-refractivity contribution in [1.82, 2.24) is 9.97 Å². The second-order valence-corrected chi connectivity index (χ2v) is 3.69. The van der Waals surface area contributed by atoms with Crippen LogP contribution in [0.4, 0.5) is 10.3 Å². The zero-order valence-electron chi connectivity index (χ0n) is 9.57. The molecule has 1 aromatic heterocycles. The van der Waals surface area contributed by atoms with Gasteiger partial charge in [0.15, 0.2) is 11.6 Å². The molecule has 0 saturated carbocycles. The largest absolute Gasteiger partial charge is 0.436 e. The number of aromatic nitrogens is 2. The molecule has 0 atom stereocenters. The Bertz CT molecular complexity index is 537. The van der Waals surface area contributed by atoms with Crippen molar-refractivity contribution in [3.63, 3.8) is 0 Å². The van der Waals surface area contributed by atoms with Gasteiger partial charge < -0.3 is 10.5 Å². The minimum Gasteiger partial charge on any atom is -0.436 e. The van der Waals surface area contributed by atoms with E-state index >= 15 is 0 Å². The van der Waals surface area contributed by atoms with E-state index in [1.54, 1.807) is 32.0 Å². The Hall–Kier alpha value is -2.17. The van der Waals surface area contributed by atoms with E-state index in [4.69, 9.17) is 10.5 Å². The summed E-state index contributed by atoms with van der Waals surface area (Å²) >= 11 is 0. The molecule has 2 N–H and O–H groups in total. The van der Waals surface area contributed by atoms with Gasteiger partial charge in [-0.1, -0.05) is 12.1 Å². The first kappa shape index (κ1) is 11.3. The van der Waals surface area contributed by atoms with Gasteiger partial charge in [0, 0.05) is 11.8 Å². The maximum absolute atomic E-state index is 13.7. The van der Waals surface area contributed by atoms with Crippen LogP contribution in [0.2, 0.25) is 0 Å². The van der Waals surface area contributed by atoms with Crippen LogP contribution in [0.15, 0.2) is 24.3 Å². The van der Waals surface area contributed by atoms with Crippen molar-refractivity contribution in [2.45, 2.75) is 13.8 Å². The molecule has 0 fully saturated rings. The van der Waals surface area contributed by atoms with Crippen LogP contribution in [0, 0.1) is 19.7 Å². The molecule has 1 heterocycles. The van der Waals surface area contributed by atoms with Gasteiger partial charge in [-0.15, -0.1) is 0 Å². The Kier molecular flexibility index (Phi) is 2.91. The summed E-state index contributed by atoms with van der Waals surface area (Å²) in [7, 11) is 0. The standard InChI is InChI=1S/C12H12FN3O/c1-7-4-3-5-9(11(7)13)17-10-6-8(2)15-12(14)16-10/h3-6H,1-2H3,(H2,14,15,16). The van der Waals surface area contributed by atoms with E-state index < -0.39 is 5.82 Å². The Balaban J connectivity index is 2.34. The number of nitrogens with two attached hydrogens (primary N) is 1. The molecular weight excluding hydrogens is 221 g/mol. The van der Waals surface area contributed by atoms with E-state index in [9.17, 15) is 4.39 Å². The summed E-state index contributed by atoms with van der Waals surface area (Å²) in [6.45, 7) is 3.43. The predicted octanol–water partition coefficient (Wildman–Crippen LogP) is 2.61. The zero-order valence-corrected chi connectivity index (χ0v) is 9.57. The van der Waals surface area contributed by atoms with Gasteiger partial charge in [-0.3, -0.25) is 0 Å². The minimum atomic E-state index is -0.401. The van der Waals surface area contributed by atoms with E-state index in [0.29, 0.717) is 11.3 Å². The van der Waals surface area contributed by atoms with Gasteiger partial charge in [0.25, 0.3) is 0 Å². The molecule has 17 heavy (non-hydrogen) atoms. The number of anilines is 1. The fourth-order valence-corrected chi connectivity index (χ4v) is 1.43. The average Bonchev–Trinajstić information content (AvgIpc) is 2.23. The fraction of sp³-hybridized carbons (Fsp3) is 0.167. The molecule has 0 radical (unpaired) electrons. The van der Waals surface area contributed by atoms with Crippen molar-refractivity contribution in [3.05, 3.63) is 41.3 Å². The SMILES string of the molecule is Cc1cc(Oc2cccc(C)c2F)nc(N)n1. The third-order valence-corrected chi connectivity index (χ3v) is 2.22. The molecule has 2 rings (SSSR count). The number of hydrogen-bond acceptors (Lipinski definition) is 4. The van der Waals surface area contributed by atoms with Crippen LogP contribution >= 0.6 is 0 Å². The lowest BCUT2D eigenvalue weighted by molar-refractivity contribution is 0.425. The summed E-state index contributed by atoms with van der Waals surface area (Å²) in [5.74, 6) is 0.0670. The molecule has 0 aliphatic carbocycles. The number of halogens is 1. The highest BCUT2D eigenvalue weighted by Gasteiger charge is 2.08. The highest BCUT2D eigenvalue weighted by atomic mass is 19.1. The van der Waals surface area contributed by atoms with Crippen LogP contribution in [-0.4, -0.2) is 9.97 Å². The van der Waals surface area contributed by atoms with Gasteiger partial charge in [0.1, 0.15) is 0 Å². The van der Waals surface area contributed by atoms with E-state index in [1.165, 1.54) is 6.07 Å². The van der Waals surface area contributed by atoms with Crippen LogP contribution < -0.4 is 10.5 Å². The Morgan fingerprint density at radius 1 is 1.24 bits per heavy atom. The first-order chi connectivity index (χ1) is 8.06. The van der Waals surface area contributed by atoms with E-state index in [-0.39, 0.29) is 17.6 Å². The topological polar surface area (TPSA) is 61.0 Å². The van der Waals surface area contributed by atoms with Crippen molar-refractivity contribution in [2.75, 3.05) is 5.73 Å². The first-order valence-corrected chi connectivity index (χ1v) is 5.10. The average molecular weight is 233 g/mol. The highest BCUT2D eigenvalue weighted by molar-refractivity contribution is 5.34. The van der Waals surface area contributed by atoms with Crippen molar-refractivity contribution in [1.29, 1.82) is 0 Å². The molecule has 0 aliphatic rings. The van der Waals surface area contributed by atoms with Gasteiger partial charge in [0.05, 0.1) is 0 Å². The quantitative estimate of drug-likeness (QED) is 0.866. The molecule has 0 bridgehead atoms. The lowest BCUT2D eigenvalue weighted by Crippen LogP contribution is -1.99. The van der Waals surface area contributed by atoms with Crippen molar-refractivity contribution < 1.29 is 9.13 Å².